The lowest BCUT2D eigenvalue weighted by atomic mass is 10.1. The minimum Gasteiger partial charge on any atom is -0.455 e. The second-order valence-electron chi connectivity index (χ2n) is 8.66. The fourth-order valence-corrected chi connectivity index (χ4v) is 5.44. The summed E-state index contributed by atoms with van der Waals surface area (Å²) in [6.45, 7) is 0. The number of nitrogens with zero attached hydrogens (tertiary/aromatic N) is 3. The number of para-hydroxylation sites is 2. The first kappa shape index (κ1) is 17.8. The van der Waals surface area contributed by atoms with Gasteiger partial charge in [-0.05, 0) is 48.5 Å². The van der Waals surface area contributed by atoms with E-state index in [4.69, 9.17) is 9.40 Å². The van der Waals surface area contributed by atoms with Crippen LogP contribution in [0.5, 0.6) is 0 Å². The van der Waals surface area contributed by atoms with Crippen LogP contribution in [0.25, 0.3) is 71.2 Å². The molecular weight excluding hydrogens is 418 g/mol. The minimum absolute atomic E-state index is 0.909. The standard InChI is InChI=1S/C30H17N3O/c1-3-11-23-21(9-1)27-24(14-13-20-19-8-2-4-12-26(19)34-30(20)27)33(23)25-17-18-7-5-15-31-28(18)29-22(25)10-6-16-32-29/h1-17H. The van der Waals surface area contributed by atoms with E-state index in [1.807, 2.05) is 36.7 Å². The first-order valence-electron chi connectivity index (χ1n) is 11.3. The summed E-state index contributed by atoms with van der Waals surface area (Å²) in [7, 11) is 0. The van der Waals surface area contributed by atoms with Crippen LogP contribution in [-0.2, 0) is 0 Å². The molecule has 0 bridgehead atoms. The highest BCUT2D eigenvalue weighted by Crippen LogP contribution is 2.41. The van der Waals surface area contributed by atoms with Gasteiger partial charge in [0.1, 0.15) is 11.2 Å². The Labute approximate surface area is 193 Å². The van der Waals surface area contributed by atoms with Gasteiger partial charge in [-0.3, -0.25) is 9.97 Å². The highest BCUT2D eigenvalue weighted by Gasteiger charge is 2.20. The maximum Gasteiger partial charge on any atom is 0.145 e. The van der Waals surface area contributed by atoms with Gasteiger partial charge in [0.15, 0.2) is 0 Å². The Morgan fingerprint density at radius 2 is 1.35 bits per heavy atom. The summed E-state index contributed by atoms with van der Waals surface area (Å²) in [6, 6.07) is 31.6. The first-order chi connectivity index (χ1) is 16.9. The summed E-state index contributed by atoms with van der Waals surface area (Å²) in [4.78, 5) is 9.36. The van der Waals surface area contributed by atoms with Gasteiger partial charge in [0.25, 0.3) is 0 Å². The second kappa shape index (κ2) is 6.42. The maximum absolute atomic E-state index is 6.45. The van der Waals surface area contributed by atoms with Crippen molar-refractivity contribution < 1.29 is 4.42 Å². The topological polar surface area (TPSA) is 43.9 Å². The van der Waals surface area contributed by atoms with Gasteiger partial charge in [-0.1, -0.05) is 42.5 Å². The average molecular weight is 435 g/mol. The van der Waals surface area contributed by atoms with Crippen LogP contribution in [0.3, 0.4) is 0 Å². The van der Waals surface area contributed by atoms with E-state index in [1.165, 1.54) is 5.39 Å². The molecule has 0 atom stereocenters. The van der Waals surface area contributed by atoms with Gasteiger partial charge in [-0.25, -0.2) is 0 Å². The molecule has 0 saturated heterocycles. The number of aromatic nitrogens is 3. The Kier molecular flexibility index (Phi) is 3.36. The molecule has 158 valence electrons. The van der Waals surface area contributed by atoms with Gasteiger partial charge in [0.05, 0.1) is 33.1 Å². The molecule has 0 amide bonds. The van der Waals surface area contributed by atoms with Crippen LogP contribution in [0.15, 0.2) is 108 Å². The highest BCUT2D eigenvalue weighted by molar-refractivity contribution is 6.24. The monoisotopic (exact) mass is 435 g/mol. The molecule has 34 heavy (non-hydrogen) atoms. The van der Waals surface area contributed by atoms with Gasteiger partial charge < -0.3 is 8.98 Å². The molecular formula is C30H17N3O. The van der Waals surface area contributed by atoms with Crippen molar-refractivity contribution in [3.63, 3.8) is 0 Å². The van der Waals surface area contributed by atoms with Crippen LogP contribution in [0.2, 0.25) is 0 Å². The van der Waals surface area contributed by atoms with E-state index in [0.29, 0.717) is 0 Å². The molecule has 0 saturated carbocycles. The highest BCUT2D eigenvalue weighted by atomic mass is 16.3. The quantitative estimate of drug-likeness (QED) is 0.247. The number of pyridine rings is 2. The lowest BCUT2D eigenvalue weighted by Gasteiger charge is -2.13. The molecule has 0 aliphatic rings. The van der Waals surface area contributed by atoms with Crippen LogP contribution in [0.1, 0.15) is 0 Å². The summed E-state index contributed by atoms with van der Waals surface area (Å²) < 4.78 is 8.79. The molecule has 4 heteroatoms. The van der Waals surface area contributed by atoms with Crippen LogP contribution >= 0.6 is 0 Å². The van der Waals surface area contributed by atoms with Crippen LogP contribution in [0, 0.1) is 0 Å². The van der Waals surface area contributed by atoms with Gasteiger partial charge in [-0.15, -0.1) is 0 Å². The van der Waals surface area contributed by atoms with Crippen molar-refractivity contribution in [1.82, 2.24) is 14.5 Å². The van der Waals surface area contributed by atoms with Crippen molar-refractivity contribution in [1.29, 1.82) is 0 Å². The molecule has 0 aliphatic carbocycles. The number of hydrogen-bond acceptors (Lipinski definition) is 3. The Hall–Kier alpha value is -4.70. The van der Waals surface area contributed by atoms with E-state index in [-0.39, 0.29) is 0 Å². The Balaban J connectivity index is 1.62. The summed E-state index contributed by atoms with van der Waals surface area (Å²) in [5, 5.41) is 6.72. The van der Waals surface area contributed by atoms with Crippen molar-refractivity contribution in [2.45, 2.75) is 0 Å². The number of hydrogen-bond donors (Lipinski definition) is 0. The summed E-state index contributed by atoms with van der Waals surface area (Å²) in [6.07, 6.45) is 3.67. The zero-order valence-corrected chi connectivity index (χ0v) is 18.1. The van der Waals surface area contributed by atoms with Gasteiger partial charge in [0.2, 0.25) is 0 Å². The minimum atomic E-state index is 0.909. The third-order valence-electron chi connectivity index (χ3n) is 6.86. The Bertz CT molecular complexity index is 2080. The fraction of sp³-hybridized carbons (Fsp3) is 0. The normalized spacial score (nSPS) is 12.1. The molecule has 4 aromatic heterocycles. The largest absolute Gasteiger partial charge is 0.455 e. The lowest BCUT2D eigenvalue weighted by Crippen LogP contribution is -1.97. The van der Waals surface area contributed by atoms with Crippen molar-refractivity contribution in [2.75, 3.05) is 0 Å². The van der Waals surface area contributed by atoms with Crippen molar-refractivity contribution in [3.05, 3.63) is 103 Å². The van der Waals surface area contributed by atoms with E-state index < -0.39 is 0 Å². The zero-order chi connectivity index (χ0) is 22.2. The SMILES string of the molecule is c1cnc2c(c1)cc(-n1c3ccccc3c3c4oc5ccccc5c4ccc31)c1cccnc12. The van der Waals surface area contributed by atoms with Crippen LogP contribution in [0.4, 0.5) is 0 Å². The third-order valence-corrected chi connectivity index (χ3v) is 6.86. The van der Waals surface area contributed by atoms with Crippen molar-refractivity contribution >= 4 is 65.6 Å². The molecule has 0 fully saturated rings. The van der Waals surface area contributed by atoms with Gasteiger partial charge in [-0.2, -0.15) is 0 Å². The van der Waals surface area contributed by atoms with Crippen LogP contribution < -0.4 is 0 Å². The molecule has 8 aromatic rings. The smallest absolute Gasteiger partial charge is 0.145 e. The molecule has 0 spiro atoms. The number of rotatable bonds is 1. The third kappa shape index (κ3) is 2.22. The molecule has 0 N–H and O–H groups in total. The van der Waals surface area contributed by atoms with Crippen molar-refractivity contribution in [3.8, 4) is 5.69 Å². The molecule has 0 radical (unpaired) electrons. The van der Waals surface area contributed by atoms with E-state index >= 15 is 0 Å². The predicted octanol–water partition coefficient (Wildman–Crippen LogP) is 7.78. The lowest BCUT2D eigenvalue weighted by molar-refractivity contribution is 0.673. The van der Waals surface area contributed by atoms with E-state index in [1.54, 1.807) is 0 Å². The maximum atomic E-state index is 6.45. The summed E-state index contributed by atoms with van der Waals surface area (Å²) in [5.41, 5.74) is 7.01. The number of furan rings is 1. The Morgan fingerprint density at radius 3 is 2.29 bits per heavy atom. The second-order valence-corrected chi connectivity index (χ2v) is 8.66. The van der Waals surface area contributed by atoms with E-state index in [2.05, 4.69) is 76.3 Å². The number of fused-ring (bicyclic) bond motifs is 10. The van der Waals surface area contributed by atoms with Crippen LogP contribution in [-0.4, -0.2) is 14.5 Å². The average Bonchev–Trinajstić information content (AvgIpc) is 3.44. The van der Waals surface area contributed by atoms with Gasteiger partial charge in [0, 0.05) is 39.3 Å². The molecule has 0 aliphatic heterocycles. The Morgan fingerprint density at radius 1 is 0.588 bits per heavy atom. The molecule has 4 heterocycles. The summed E-state index contributed by atoms with van der Waals surface area (Å²) in [5.74, 6) is 0. The molecule has 8 rings (SSSR count). The molecule has 4 nitrogen and oxygen atoms in total. The molecule has 0 unspecified atom stereocenters. The zero-order valence-electron chi connectivity index (χ0n) is 18.1. The van der Waals surface area contributed by atoms with E-state index in [0.717, 1.165) is 65.9 Å². The fourth-order valence-electron chi connectivity index (χ4n) is 5.44. The summed E-state index contributed by atoms with van der Waals surface area (Å²) >= 11 is 0. The number of benzene rings is 4. The van der Waals surface area contributed by atoms with Crippen molar-refractivity contribution in [2.24, 2.45) is 0 Å². The molecule has 4 aromatic carbocycles. The van der Waals surface area contributed by atoms with E-state index in [9.17, 15) is 0 Å². The van der Waals surface area contributed by atoms with Gasteiger partial charge >= 0.3 is 0 Å². The first-order valence-corrected chi connectivity index (χ1v) is 11.3. The predicted molar refractivity (Wildman–Crippen MR) is 139 cm³/mol.